The van der Waals surface area contributed by atoms with Gasteiger partial charge in [0.25, 0.3) is 5.91 Å². The number of hydrogen-bond donors (Lipinski definition) is 0. The molecule has 0 N–H and O–H groups in total. The first-order valence-corrected chi connectivity index (χ1v) is 9.00. The van der Waals surface area contributed by atoms with E-state index in [4.69, 9.17) is 9.15 Å². The SMILES string of the molecule is COc1ccc(N(Cc2ccc(N(C)C)cc2)C(=O)/C=C/c2ccco2)cc1. The summed E-state index contributed by atoms with van der Waals surface area (Å²) in [6, 6.07) is 19.2. The summed E-state index contributed by atoms with van der Waals surface area (Å²) in [6.45, 7) is 0.460. The van der Waals surface area contributed by atoms with Gasteiger partial charge in [-0.2, -0.15) is 0 Å². The van der Waals surface area contributed by atoms with E-state index < -0.39 is 0 Å². The molecule has 0 saturated heterocycles. The van der Waals surface area contributed by atoms with Crippen LogP contribution in [0.5, 0.6) is 5.75 Å². The number of methoxy groups -OCH3 is 1. The molecule has 5 heteroatoms. The molecule has 3 aromatic rings. The van der Waals surface area contributed by atoms with Crippen molar-refractivity contribution in [3.63, 3.8) is 0 Å². The average molecular weight is 376 g/mol. The van der Waals surface area contributed by atoms with Gasteiger partial charge < -0.3 is 19.0 Å². The van der Waals surface area contributed by atoms with Gasteiger partial charge in [-0.15, -0.1) is 0 Å². The van der Waals surface area contributed by atoms with Crippen LogP contribution in [0.3, 0.4) is 0 Å². The van der Waals surface area contributed by atoms with Gasteiger partial charge in [0.1, 0.15) is 11.5 Å². The smallest absolute Gasteiger partial charge is 0.251 e. The fraction of sp³-hybridized carbons (Fsp3) is 0.174. The molecule has 0 fully saturated rings. The Labute approximate surface area is 165 Å². The number of ether oxygens (including phenoxy) is 1. The first kappa shape index (κ1) is 19.3. The zero-order valence-corrected chi connectivity index (χ0v) is 16.3. The third kappa shape index (κ3) is 4.82. The van der Waals surface area contributed by atoms with Gasteiger partial charge in [-0.25, -0.2) is 0 Å². The van der Waals surface area contributed by atoms with Crippen LogP contribution < -0.4 is 14.5 Å². The first-order chi connectivity index (χ1) is 13.6. The van der Waals surface area contributed by atoms with Gasteiger partial charge in [0.05, 0.1) is 19.9 Å². The highest BCUT2D eigenvalue weighted by Gasteiger charge is 2.14. The molecule has 2 aromatic carbocycles. The molecule has 144 valence electrons. The van der Waals surface area contributed by atoms with Crippen molar-refractivity contribution in [3.8, 4) is 5.75 Å². The number of furan rings is 1. The standard InChI is InChI=1S/C23H24N2O3/c1-24(2)19-8-6-18(7-9-19)17-25(20-10-12-21(27-3)13-11-20)23(26)15-14-22-5-4-16-28-22/h4-16H,17H2,1-3H3/b15-14+. The molecule has 5 nitrogen and oxygen atoms in total. The van der Waals surface area contributed by atoms with Crippen LogP contribution in [0.1, 0.15) is 11.3 Å². The Morgan fingerprint density at radius 1 is 1.00 bits per heavy atom. The van der Waals surface area contributed by atoms with E-state index >= 15 is 0 Å². The normalized spacial score (nSPS) is 10.8. The van der Waals surface area contributed by atoms with Crippen LogP contribution in [0.2, 0.25) is 0 Å². The minimum Gasteiger partial charge on any atom is -0.497 e. The molecule has 3 rings (SSSR count). The summed E-state index contributed by atoms with van der Waals surface area (Å²) in [7, 11) is 5.62. The number of hydrogen-bond acceptors (Lipinski definition) is 4. The summed E-state index contributed by atoms with van der Waals surface area (Å²) in [5, 5.41) is 0. The second kappa shape index (κ2) is 8.95. The van der Waals surface area contributed by atoms with E-state index in [0.717, 1.165) is 22.7 Å². The highest BCUT2D eigenvalue weighted by molar-refractivity contribution is 6.03. The van der Waals surface area contributed by atoms with E-state index in [9.17, 15) is 4.79 Å². The second-order valence-corrected chi connectivity index (χ2v) is 6.53. The van der Waals surface area contributed by atoms with Crippen LogP contribution in [-0.4, -0.2) is 27.1 Å². The van der Waals surface area contributed by atoms with Gasteiger partial charge in [0.2, 0.25) is 0 Å². The van der Waals surface area contributed by atoms with Crippen molar-refractivity contribution < 1.29 is 13.9 Å². The van der Waals surface area contributed by atoms with Gasteiger partial charge >= 0.3 is 0 Å². The van der Waals surface area contributed by atoms with Crippen molar-refractivity contribution in [2.45, 2.75) is 6.54 Å². The summed E-state index contributed by atoms with van der Waals surface area (Å²) in [6.07, 6.45) is 4.78. The minimum absolute atomic E-state index is 0.127. The lowest BCUT2D eigenvalue weighted by molar-refractivity contribution is -0.114. The van der Waals surface area contributed by atoms with Crippen LogP contribution in [0.25, 0.3) is 6.08 Å². The number of nitrogens with zero attached hydrogens (tertiary/aromatic N) is 2. The number of benzene rings is 2. The average Bonchev–Trinajstić information content (AvgIpc) is 3.24. The lowest BCUT2D eigenvalue weighted by Crippen LogP contribution is -2.28. The molecule has 1 amide bonds. The predicted octanol–water partition coefficient (Wildman–Crippen LogP) is 4.60. The Morgan fingerprint density at radius 3 is 2.25 bits per heavy atom. The summed E-state index contributed by atoms with van der Waals surface area (Å²) in [5.41, 5.74) is 2.96. The molecule has 0 aliphatic heterocycles. The summed E-state index contributed by atoms with van der Waals surface area (Å²) >= 11 is 0. The van der Waals surface area contributed by atoms with Crippen molar-refractivity contribution >= 4 is 23.4 Å². The molecule has 1 aromatic heterocycles. The lowest BCUT2D eigenvalue weighted by Gasteiger charge is -2.22. The third-order valence-electron chi connectivity index (χ3n) is 4.38. The van der Waals surface area contributed by atoms with Gasteiger partial charge in [-0.1, -0.05) is 12.1 Å². The molecule has 0 radical (unpaired) electrons. The summed E-state index contributed by atoms with van der Waals surface area (Å²) in [5.74, 6) is 1.26. The number of carbonyl (C=O) groups is 1. The van der Waals surface area contributed by atoms with Crippen molar-refractivity contribution in [3.05, 3.63) is 84.3 Å². The molecular formula is C23H24N2O3. The van der Waals surface area contributed by atoms with E-state index in [1.165, 1.54) is 6.08 Å². The lowest BCUT2D eigenvalue weighted by atomic mass is 10.1. The van der Waals surface area contributed by atoms with Gasteiger partial charge in [0.15, 0.2) is 0 Å². The Kier molecular flexibility index (Phi) is 6.17. The van der Waals surface area contributed by atoms with E-state index in [1.54, 1.807) is 30.4 Å². The van der Waals surface area contributed by atoms with Crippen molar-refractivity contribution in [2.24, 2.45) is 0 Å². The fourth-order valence-electron chi connectivity index (χ4n) is 2.77. The maximum atomic E-state index is 12.9. The van der Waals surface area contributed by atoms with Crippen molar-refractivity contribution in [1.29, 1.82) is 0 Å². The van der Waals surface area contributed by atoms with Gasteiger partial charge in [-0.05, 0) is 60.2 Å². The number of anilines is 2. The van der Waals surface area contributed by atoms with Crippen LogP contribution in [0.15, 0.2) is 77.4 Å². The molecule has 0 saturated carbocycles. The third-order valence-corrected chi connectivity index (χ3v) is 4.38. The molecule has 0 aliphatic carbocycles. The van der Waals surface area contributed by atoms with E-state index in [0.29, 0.717) is 12.3 Å². The molecular weight excluding hydrogens is 352 g/mol. The molecule has 1 heterocycles. The molecule has 0 spiro atoms. The zero-order chi connectivity index (χ0) is 19.9. The van der Waals surface area contributed by atoms with Crippen LogP contribution in [0.4, 0.5) is 11.4 Å². The van der Waals surface area contributed by atoms with E-state index in [1.807, 2.05) is 73.6 Å². The van der Waals surface area contributed by atoms with Crippen LogP contribution in [0, 0.1) is 0 Å². The van der Waals surface area contributed by atoms with Gasteiger partial charge in [-0.3, -0.25) is 4.79 Å². The quantitative estimate of drug-likeness (QED) is 0.565. The van der Waals surface area contributed by atoms with Crippen LogP contribution in [-0.2, 0) is 11.3 Å². The topological polar surface area (TPSA) is 45.9 Å². The monoisotopic (exact) mass is 376 g/mol. The van der Waals surface area contributed by atoms with Crippen molar-refractivity contribution in [1.82, 2.24) is 0 Å². The zero-order valence-electron chi connectivity index (χ0n) is 16.3. The Morgan fingerprint density at radius 2 is 1.68 bits per heavy atom. The Bertz CT molecular complexity index is 911. The number of carbonyl (C=O) groups excluding carboxylic acids is 1. The molecule has 0 unspecified atom stereocenters. The van der Waals surface area contributed by atoms with Crippen LogP contribution >= 0.6 is 0 Å². The predicted molar refractivity (Wildman–Crippen MR) is 113 cm³/mol. The summed E-state index contributed by atoms with van der Waals surface area (Å²) in [4.78, 5) is 16.7. The minimum atomic E-state index is -0.127. The molecule has 0 atom stereocenters. The first-order valence-electron chi connectivity index (χ1n) is 9.00. The Hall–Kier alpha value is -3.47. The highest BCUT2D eigenvalue weighted by atomic mass is 16.5. The highest BCUT2D eigenvalue weighted by Crippen LogP contribution is 2.23. The maximum absolute atomic E-state index is 12.9. The second-order valence-electron chi connectivity index (χ2n) is 6.53. The van der Waals surface area contributed by atoms with E-state index in [2.05, 4.69) is 0 Å². The Balaban J connectivity index is 1.85. The largest absolute Gasteiger partial charge is 0.497 e. The molecule has 28 heavy (non-hydrogen) atoms. The maximum Gasteiger partial charge on any atom is 0.251 e. The van der Waals surface area contributed by atoms with E-state index in [-0.39, 0.29) is 5.91 Å². The van der Waals surface area contributed by atoms with Crippen molar-refractivity contribution in [2.75, 3.05) is 31.0 Å². The number of amides is 1. The number of rotatable bonds is 7. The molecule has 0 bridgehead atoms. The summed E-state index contributed by atoms with van der Waals surface area (Å²) < 4.78 is 10.5. The van der Waals surface area contributed by atoms with Gasteiger partial charge in [0, 0.05) is 31.5 Å². The molecule has 0 aliphatic rings. The fourth-order valence-corrected chi connectivity index (χ4v) is 2.77.